The van der Waals surface area contributed by atoms with Gasteiger partial charge in [-0.25, -0.2) is 0 Å². The van der Waals surface area contributed by atoms with Crippen LogP contribution in [0.4, 0.5) is 0 Å². The highest BCUT2D eigenvalue weighted by atomic mass is 16.5. The maximum atomic E-state index is 12.3. The quantitative estimate of drug-likeness (QED) is 0.834. The summed E-state index contributed by atoms with van der Waals surface area (Å²) >= 11 is 0. The van der Waals surface area contributed by atoms with Crippen molar-refractivity contribution in [2.75, 3.05) is 26.3 Å². The van der Waals surface area contributed by atoms with Crippen LogP contribution in [-0.4, -0.2) is 47.7 Å². The van der Waals surface area contributed by atoms with Gasteiger partial charge >= 0.3 is 0 Å². The van der Waals surface area contributed by atoms with Crippen molar-refractivity contribution in [2.45, 2.75) is 37.9 Å². The van der Waals surface area contributed by atoms with Gasteiger partial charge in [0.05, 0.1) is 32.0 Å². The van der Waals surface area contributed by atoms with Crippen LogP contribution in [-0.2, 0) is 20.9 Å². The van der Waals surface area contributed by atoms with Crippen LogP contribution in [0, 0.1) is 11.8 Å². The van der Waals surface area contributed by atoms with Gasteiger partial charge < -0.3 is 14.4 Å². The van der Waals surface area contributed by atoms with Crippen molar-refractivity contribution in [1.29, 1.82) is 0 Å². The second kappa shape index (κ2) is 6.21. The Bertz CT molecular complexity index is 553. The van der Waals surface area contributed by atoms with Crippen molar-refractivity contribution < 1.29 is 14.3 Å². The van der Waals surface area contributed by atoms with Gasteiger partial charge in [-0.05, 0) is 31.4 Å². The van der Waals surface area contributed by atoms with Crippen LogP contribution in [0.5, 0.6) is 0 Å². The predicted molar refractivity (Wildman–Crippen MR) is 84.6 cm³/mol. The van der Waals surface area contributed by atoms with E-state index in [0.29, 0.717) is 25.0 Å². The third-order valence-electron chi connectivity index (χ3n) is 5.58. The molecule has 0 aromatic carbocycles. The van der Waals surface area contributed by atoms with Gasteiger partial charge in [0.15, 0.2) is 0 Å². The van der Waals surface area contributed by atoms with Gasteiger partial charge in [-0.2, -0.15) is 0 Å². The fourth-order valence-electron chi connectivity index (χ4n) is 3.83. The monoisotopic (exact) mass is 316 g/mol. The maximum Gasteiger partial charge on any atom is 0.225 e. The number of carbonyl (C=O) groups is 1. The number of hydrogen-bond acceptors (Lipinski definition) is 4. The van der Waals surface area contributed by atoms with Crippen LogP contribution < -0.4 is 0 Å². The predicted octanol–water partition coefficient (Wildman–Crippen LogP) is 2.02. The van der Waals surface area contributed by atoms with Crippen LogP contribution in [0.1, 0.15) is 31.4 Å². The largest absolute Gasteiger partial charge is 0.375 e. The number of likely N-dealkylation sites (tertiary alicyclic amines) is 1. The lowest BCUT2D eigenvalue weighted by Gasteiger charge is -2.51. The van der Waals surface area contributed by atoms with E-state index in [1.54, 1.807) is 6.20 Å². The molecule has 1 aliphatic carbocycles. The van der Waals surface area contributed by atoms with E-state index in [1.165, 1.54) is 6.42 Å². The molecule has 23 heavy (non-hydrogen) atoms. The Labute approximate surface area is 137 Å². The van der Waals surface area contributed by atoms with E-state index in [1.807, 2.05) is 23.1 Å². The van der Waals surface area contributed by atoms with Gasteiger partial charge in [-0.15, -0.1) is 0 Å². The van der Waals surface area contributed by atoms with E-state index in [0.717, 1.165) is 44.7 Å². The number of nitrogens with zero attached hydrogens (tertiary/aromatic N) is 2. The topological polar surface area (TPSA) is 51.7 Å². The van der Waals surface area contributed by atoms with E-state index in [4.69, 9.17) is 9.47 Å². The zero-order valence-corrected chi connectivity index (χ0v) is 13.4. The Morgan fingerprint density at radius 2 is 2.22 bits per heavy atom. The molecule has 2 aliphatic heterocycles. The molecule has 1 atom stereocenters. The minimum atomic E-state index is -0.149. The third kappa shape index (κ3) is 2.88. The summed E-state index contributed by atoms with van der Waals surface area (Å²) in [5.74, 6) is 1.01. The molecule has 5 nitrogen and oxygen atoms in total. The molecule has 2 saturated heterocycles. The molecular weight excluding hydrogens is 292 g/mol. The molecule has 1 aromatic heterocycles. The number of rotatable bonds is 5. The van der Waals surface area contributed by atoms with Crippen LogP contribution >= 0.6 is 0 Å². The van der Waals surface area contributed by atoms with Crippen molar-refractivity contribution >= 4 is 5.91 Å². The smallest absolute Gasteiger partial charge is 0.225 e. The fourth-order valence-corrected chi connectivity index (χ4v) is 3.83. The molecule has 0 N–H and O–H groups in total. The van der Waals surface area contributed by atoms with Gasteiger partial charge in [0.2, 0.25) is 5.91 Å². The van der Waals surface area contributed by atoms with Gasteiger partial charge in [0, 0.05) is 24.6 Å². The van der Waals surface area contributed by atoms with Crippen LogP contribution in [0.2, 0.25) is 0 Å². The van der Waals surface area contributed by atoms with E-state index < -0.39 is 0 Å². The molecule has 1 saturated carbocycles. The van der Waals surface area contributed by atoms with Crippen molar-refractivity contribution in [3.8, 4) is 0 Å². The average Bonchev–Trinajstić information content (AvgIpc) is 2.89. The molecule has 124 valence electrons. The Hall–Kier alpha value is -1.46. The lowest BCUT2D eigenvalue weighted by molar-refractivity contribution is -0.174. The standard InChI is InChI=1S/C18H24N2O3/c21-17(14-4-3-5-14)20-12-18(13-20)15(7-9-23-18)10-22-11-16-6-1-2-8-19-16/h1-2,6,8,14-15H,3-5,7,9-13H2. The molecule has 1 aromatic rings. The second-order valence-electron chi connectivity index (χ2n) is 7.06. The lowest BCUT2D eigenvalue weighted by atomic mass is 9.78. The molecule has 1 unspecified atom stereocenters. The minimum Gasteiger partial charge on any atom is -0.375 e. The summed E-state index contributed by atoms with van der Waals surface area (Å²) in [6.07, 6.45) is 6.15. The second-order valence-corrected chi connectivity index (χ2v) is 7.06. The number of amides is 1. The van der Waals surface area contributed by atoms with Gasteiger partial charge in [-0.3, -0.25) is 9.78 Å². The van der Waals surface area contributed by atoms with Crippen molar-refractivity contribution in [3.63, 3.8) is 0 Å². The summed E-state index contributed by atoms with van der Waals surface area (Å²) in [7, 11) is 0. The summed E-state index contributed by atoms with van der Waals surface area (Å²) in [5, 5.41) is 0. The van der Waals surface area contributed by atoms with E-state index in [2.05, 4.69) is 4.98 Å². The first-order valence-electron chi connectivity index (χ1n) is 8.67. The molecule has 4 rings (SSSR count). The number of hydrogen-bond donors (Lipinski definition) is 0. The average molecular weight is 316 g/mol. The highest BCUT2D eigenvalue weighted by molar-refractivity contribution is 5.80. The Morgan fingerprint density at radius 3 is 2.91 bits per heavy atom. The Balaban J connectivity index is 1.27. The number of ether oxygens (including phenoxy) is 2. The first kappa shape index (κ1) is 15.1. The summed E-state index contributed by atoms with van der Waals surface area (Å²) in [6, 6.07) is 5.86. The van der Waals surface area contributed by atoms with E-state index in [-0.39, 0.29) is 11.5 Å². The summed E-state index contributed by atoms with van der Waals surface area (Å²) in [5.41, 5.74) is 0.805. The van der Waals surface area contributed by atoms with Crippen molar-refractivity contribution in [1.82, 2.24) is 9.88 Å². The lowest BCUT2D eigenvalue weighted by Crippen LogP contribution is -2.67. The fraction of sp³-hybridized carbons (Fsp3) is 0.667. The summed E-state index contributed by atoms with van der Waals surface area (Å²) in [6.45, 7) is 3.50. The molecular formula is C18H24N2O3. The molecule has 5 heteroatoms. The maximum absolute atomic E-state index is 12.3. The highest BCUT2D eigenvalue weighted by Crippen LogP contribution is 2.42. The zero-order valence-electron chi connectivity index (χ0n) is 13.4. The molecule has 0 bridgehead atoms. The van der Waals surface area contributed by atoms with Crippen LogP contribution in [0.3, 0.4) is 0 Å². The minimum absolute atomic E-state index is 0.149. The normalized spacial score (nSPS) is 26.1. The number of carbonyl (C=O) groups excluding carboxylic acids is 1. The van der Waals surface area contributed by atoms with Gasteiger partial charge in [0.25, 0.3) is 0 Å². The number of aromatic nitrogens is 1. The molecule has 0 radical (unpaired) electrons. The van der Waals surface area contributed by atoms with Gasteiger partial charge in [0.1, 0.15) is 5.60 Å². The summed E-state index contributed by atoms with van der Waals surface area (Å²) < 4.78 is 11.9. The van der Waals surface area contributed by atoms with Crippen molar-refractivity contribution in [2.24, 2.45) is 11.8 Å². The first-order chi connectivity index (χ1) is 11.3. The zero-order chi connectivity index (χ0) is 15.7. The Morgan fingerprint density at radius 1 is 1.35 bits per heavy atom. The van der Waals surface area contributed by atoms with Crippen molar-refractivity contribution in [3.05, 3.63) is 30.1 Å². The first-order valence-corrected chi connectivity index (χ1v) is 8.67. The molecule has 3 aliphatic rings. The Kier molecular flexibility index (Phi) is 4.07. The van der Waals surface area contributed by atoms with Crippen LogP contribution in [0.15, 0.2) is 24.4 Å². The molecule has 3 fully saturated rings. The van der Waals surface area contributed by atoms with E-state index >= 15 is 0 Å². The van der Waals surface area contributed by atoms with Gasteiger partial charge in [-0.1, -0.05) is 12.5 Å². The molecule has 3 heterocycles. The third-order valence-corrected chi connectivity index (χ3v) is 5.58. The number of pyridine rings is 1. The SMILES string of the molecule is O=C(C1CCC1)N1CC2(C1)OCCC2COCc1ccccn1. The van der Waals surface area contributed by atoms with Crippen LogP contribution in [0.25, 0.3) is 0 Å². The molecule has 1 spiro atoms. The molecule has 1 amide bonds. The van der Waals surface area contributed by atoms with E-state index in [9.17, 15) is 4.79 Å². The summed E-state index contributed by atoms with van der Waals surface area (Å²) in [4.78, 5) is 18.5. The highest BCUT2D eigenvalue weighted by Gasteiger charge is 2.55.